The van der Waals surface area contributed by atoms with Gasteiger partial charge >= 0.3 is 0 Å². The molecule has 2 aliphatic heterocycles. The lowest BCUT2D eigenvalue weighted by Gasteiger charge is -2.32. The van der Waals surface area contributed by atoms with Gasteiger partial charge in [0.05, 0.1) is 13.2 Å². The molecule has 0 spiro atoms. The van der Waals surface area contributed by atoms with E-state index < -0.39 is 0 Å². The first-order valence-electron chi connectivity index (χ1n) is 7.45. The molecule has 2 heterocycles. The molecule has 100 valence electrons. The van der Waals surface area contributed by atoms with Crippen LogP contribution in [0.3, 0.4) is 0 Å². The summed E-state index contributed by atoms with van der Waals surface area (Å²) in [7, 11) is 0. The highest BCUT2D eigenvalue weighted by Gasteiger charge is 2.34. The molecule has 0 radical (unpaired) electrons. The lowest BCUT2D eigenvalue weighted by atomic mass is 9.84. The lowest BCUT2D eigenvalue weighted by Crippen LogP contribution is -2.33. The normalized spacial score (nSPS) is 29.2. The summed E-state index contributed by atoms with van der Waals surface area (Å²) in [4.78, 5) is 4.56. The number of hydrogen-bond donors (Lipinski definition) is 1. The van der Waals surface area contributed by atoms with Crippen LogP contribution in [0, 0.1) is 0 Å². The van der Waals surface area contributed by atoms with Crippen LogP contribution in [-0.2, 0) is 11.2 Å². The maximum absolute atomic E-state index is 6.14. The maximum Gasteiger partial charge on any atom is 0.140 e. The van der Waals surface area contributed by atoms with Gasteiger partial charge in [-0.15, -0.1) is 0 Å². The molecule has 3 heteroatoms. The molecule has 2 atom stereocenters. The quantitative estimate of drug-likeness (QED) is 0.838. The van der Waals surface area contributed by atoms with Crippen LogP contribution < -0.4 is 5.32 Å². The van der Waals surface area contributed by atoms with Crippen LogP contribution in [-0.4, -0.2) is 25.5 Å². The highest BCUT2D eigenvalue weighted by Crippen LogP contribution is 2.41. The van der Waals surface area contributed by atoms with E-state index in [0.29, 0.717) is 5.92 Å². The van der Waals surface area contributed by atoms with Crippen LogP contribution in [0.25, 0.3) is 0 Å². The SMILES string of the molecule is c1cc2c3c(c1)C(C1=NCCN1)OCC3CCCC2. The molecular weight excluding hydrogens is 236 g/mol. The fraction of sp³-hybridized carbons (Fsp3) is 0.562. The highest BCUT2D eigenvalue weighted by molar-refractivity contribution is 5.89. The monoisotopic (exact) mass is 256 g/mol. The predicted molar refractivity (Wildman–Crippen MR) is 75.7 cm³/mol. The Labute approximate surface area is 114 Å². The predicted octanol–water partition coefficient (Wildman–Crippen LogP) is 2.57. The van der Waals surface area contributed by atoms with Crippen LogP contribution in [0.1, 0.15) is 48.0 Å². The van der Waals surface area contributed by atoms with Crippen LogP contribution in [0.4, 0.5) is 0 Å². The van der Waals surface area contributed by atoms with Crippen molar-refractivity contribution >= 4 is 5.84 Å². The molecular formula is C16H20N2O. The number of rotatable bonds is 1. The lowest BCUT2D eigenvalue weighted by molar-refractivity contribution is 0.0663. The second-order valence-electron chi connectivity index (χ2n) is 5.77. The molecule has 1 aromatic rings. The number of nitrogens with one attached hydrogen (secondary N) is 1. The van der Waals surface area contributed by atoms with Crippen molar-refractivity contribution in [3.63, 3.8) is 0 Å². The Kier molecular flexibility index (Phi) is 2.80. The Balaban J connectivity index is 1.81. The van der Waals surface area contributed by atoms with Crippen molar-refractivity contribution in [3.05, 3.63) is 34.9 Å². The van der Waals surface area contributed by atoms with Crippen molar-refractivity contribution < 1.29 is 4.74 Å². The van der Waals surface area contributed by atoms with Gasteiger partial charge in [-0.1, -0.05) is 24.6 Å². The minimum Gasteiger partial charge on any atom is -0.369 e. The summed E-state index contributed by atoms with van der Waals surface area (Å²) in [6.45, 7) is 2.69. The molecule has 1 aliphatic carbocycles. The largest absolute Gasteiger partial charge is 0.369 e. The summed E-state index contributed by atoms with van der Waals surface area (Å²) in [6, 6.07) is 6.74. The summed E-state index contributed by atoms with van der Waals surface area (Å²) in [5.41, 5.74) is 4.49. The molecule has 19 heavy (non-hydrogen) atoms. The van der Waals surface area contributed by atoms with Gasteiger partial charge in [-0.05, 0) is 36.0 Å². The van der Waals surface area contributed by atoms with E-state index in [0.717, 1.165) is 25.5 Å². The number of amidine groups is 1. The van der Waals surface area contributed by atoms with Crippen molar-refractivity contribution in [1.82, 2.24) is 5.32 Å². The van der Waals surface area contributed by atoms with Gasteiger partial charge in [0, 0.05) is 12.5 Å². The molecule has 0 amide bonds. The Morgan fingerprint density at radius 1 is 1.26 bits per heavy atom. The van der Waals surface area contributed by atoms with Gasteiger partial charge in [0.25, 0.3) is 0 Å². The summed E-state index contributed by atoms with van der Waals surface area (Å²) >= 11 is 0. The van der Waals surface area contributed by atoms with Gasteiger partial charge in [0.15, 0.2) is 0 Å². The first-order valence-corrected chi connectivity index (χ1v) is 7.45. The van der Waals surface area contributed by atoms with E-state index in [1.807, 2.05) is 0 Å². The first kappa shape index (κ1) is 11.5. The molecule has 0 fully saturated rings. The molecule has 0 saturated carbocycles. The molecule has 1 aromatic carbocycles. The average molecular weight is 256 g/mol. The van der Waals surface area contributed by atoms with Crippen molar-refractivity contribution in [3.8, 4) is 0 Å². The van der Waals surface area contributed by atoms with Crippen molar-refractivity contribution in [1.29, 1.82) is 0 Å². The molecule has 3 nitrogen and oxygen atoms in total. The fourth-order valence-electron chi connectivity index (χ4n) is 3.71. The Hall–Kier alpha value is -1.35. The number of nitrogens with zero attached hydrogens (tertiary/aromatic N) is 1. The van der Waals surface area contributed by atoms with Crippen molar-refractivity contribution in [2.24, 2.45) is 4.99 Å². The van der Waals surface area contributed by atoms with Crippen LogP contribution >= 0.6 is 0 Å². The summed E-state index contributed by atoms with van der Waals surface area (Å²) in [5.74, 6) is 1.64. The van der Waals surface area contributed by atoms with Crippen LogP contribution in [0.5, 0.6) is 0 Å². The minimum atomic E-state index is 0.0480. The molecule has 0 aromatic heterocycles. The molecule has 1 N–H and O–H groups in total. The van der Waals surface area contributed by atoms with Crippen molar-refractivity contribution in [2.45, 2.75) is 37.7 Å². The fourth-order valence-corrected chi connectivity index (χ4v) is 3.71. The molecule has 0 saturated heterocycles. The number of benzene rings is 1. The van der Waals surface area contributed by atoms with Crippen LogP contribution in [0.2, 0.25) is 0 Å². The molecule has 2 unspecified atom stereocenters. The van der Waals surface area contributed by atoms with Crippen molar-refractivity contribution in [2.75, 3.05) is 19.7 Å². The average Bonchev–Trinajstić information content (AvgIpc) is 2.89. The first-order chi connectivity index (χ1) is 9.43. The van der Waals surface area contributed by atoms with E-state index in [9.17, 15) is 0 Å². The third-order valence-electron chi connectivity index (χ3n) is 4.58. The molecule has 3 aliphatic rings. The zero-order valence-electron chi connectivity index (χ0n) is 11.2. The van der Waals surface area contributed by atoms with Gasteiger partial charge in [0.1, 0.15) is 11.9 Å². The summed E-state index contributed by atoms with van der Waals surface area (Å²) in [5, 5.41) is 3.38. The Morgan fingerprint density at radius 2 is 2.26 bits per heavy atom. The van der Waals surface area contributed by atoms with Crippen LogP contribution in [0.15, 0.2) is 23.2 Å². The smallest absolute Gasteiger partial charge is 0.140 e. The van der Waals surface area contributed by atoms with E-state index in [4.69, 9.17) is 4.74 Å². The topological polar surface area (TPSA) is 33.6 Å². The second-order valence-corrected chi connectivity index (χ2v) is 5.77. The standard InChI is InChI=1S/C16H20N2O/c1-2-5-12-10-19-15(16-17-8-9-18-16)13-7-3-6-11(4-1)14(12)13/h3,6-7,12,15H,1-2,4-5,8-10H2,(H,17,18). The van der Waals surface area contributed by atoms with Gasteiger partial charge in [-0.3, -0.25) is 4.99 Å². The second kappa shape index (κ2) is 4.64. The van der Waals surface area contributed by atoms with Gasteiger partial charge < -0.3 is 10.1 Å². The van der Waals surface area contributed by atoms with E-state index in [1.54, 1.807) is 11.1 Å². The van der Waals surface area contributed by atoms with E-state index >= 15 is 0 Å². The number of hydrogen-bond acceptors (Lipinski definition) is 3. The van der Waals surface area contributed by atoms with E-state index in [2.05, 4.69) is 28.5 Å². The number of ether oxygens (including phenoxy) is 1. The minimum absolute atomic E-state index is 0.0480. The Bertz CT molecular complexity index is 523. The van der Waals surface area contributed by atoms with Gasteiger partial charge in [-0.2, -0.15) is 0 Å². The van der Waals surface area contributed by atoms with E-state index in [-0.39, 0.29) is 6.10 Å². The number of aryl methyl sites for hydroxylation is 1. The summed E-state index contributed by atoms with van der Waals surface area (Å²) < 4.78 is 6.14. The van der Waals surface area contributed by atoms with Gasteiger partial charge in [0.2, 0.25) is 0 Å². The summed E-state index contributed by atoms with van der Waals surface area (Å²) in [6.07, 6.45) is 5.19. The van der Waals surface area contributed by atoms with E-state index in [1.165, 1.54) is 31.2 Å². The molecule has 0 bridgehead atoms. The zero-order chi connectivity index (χ0) is 12.7. The Morgan fingerprint density at radius 3 is 3.16 bits per heavy atom. The zero-order valence-corrected chi connectivity index (χ0v) is 11.2. The maximum atomic E-state index is 6.14. The molecule has 4 rings (SSSR count). The van der Waals surface area contributed by atoms with Gasteiger partial charge in [-0.25, -0.2) is 0 Å². The third-order valence-corrected chi connectivity index (χ3v) is 4.58. The highest BCUT2D eigenvalue weighted by atomic mass is 16.5. The third kappa shape index (κ3) is 1.88. The number of aliphatic imine (C=N–C) groups is 1.